The molecule has 0 aliphatic heterocycles. The van der Waals surface area contributed by atoms with E-state index in [-0.39, 0.29) is 12.2 Å². The summed E-state index contributed by atoms with van der Waals surface area (Å²) in [5.74, 6) is -0.0829. The zero-order valence-corrected chi connectivity index (χ0v) is 12.0. The van der Waals surface area contributed by atoms with E-state index in [1.54, 1.807) is 18.9 Å². The maximum Gasteiger partial charge on any atom is 0.185 e. The van der Waals surface area contributed by atoms with E-state index < -0.39 is 5.60 Å². The van der Waals surface area contributed by atoms with Gasteiger partial charge in [-0.1, -0.05) is 11.6 Å². The molecule has 0 amide bonds. The van der Waals surface area contributed by atoms with Crippen molar-refractivity contribution < 1.29 is 14.3 Å². The normalized spacial score (nSPS) is 11.8. The first kappa shape index (κ1) is 15.1. The van der Waals surface area contributed by atoms with Crippen LogP contribution in [-0.2, 0) is 16.0 Å². The monoisotopic (exact) mass is 274 g/mol. The van der Waals surface area contributed by atoms with E-state index in [1.165, 1.54) is 6.20 Å². The van der Waals surface area contributed by atoms with Gasteiger partial charge in [-0.15, -0.1) is 0 Å². The van der Waals surface area contributed by atoms with Crippen LogP contribution >= 0.6 is 11.6 Å². The van der Waals surface area contributed by atoms with Gasteiger partial charge in [0.25, 0.3) is 0 Å². The largest absolute Gasteiger partial charge is 0.383 e. The smallest absolute Gasteiger partial charge is 0.185 e. The number of carbonyl (C=O) groups is 1. The topological polar surface area (TPSA) is 53.4 Å². The molecule has 0 unspecified atom stereocenters. The second-order valence-electron chi connectivity index (χ2n) is 4.62. The number of hydrogen-bond acceptors (Lipinski definition) is 4. The van der Waals surface area contributed by atoms with E-state index in [9.17, 15) is 4.79 Å². The van der Waals surface area contributed by atoms with Crippen LogP contribution in [0.3, 0.4) is 0 Å². The number of aromatic nitrogens is 2. The van der Waals surface area contributed by atoms with Crippen LogP contribution in [0.1, 0.15) is 30.8 Å². The van der Waals surface area contributed by atoms with E-state index >= 15 is 0 Å². The number of ketones is 1. The highest BCUT2D eigenvalue weighted by molar-refractivity contribution is 6.33. The van der Waals surface area contributed by atoms with Gasteiger partial charge in [-0.25, -0.2) is 0 Å². The lowest BCUT2D eigenvalue weighted by molar-refractivity contribution is 0.0168. The quantitative estimate of drug-likeness (QED) is 0.715. The molecule has 0 aliphatic rings. The molecule has 0 aliphatic carbocycles. The summed E-state index contributed by atoms with van der Waals surface area (Å²) in [4.78, 5) is 12.2. The molecule has 0 radical (unpaired) electrons. The summed E-state index contributed by atoms with van der Waals surface area (Å²) in [7, 11) is 3.18. The number of hydrogen-bond donors (Lipinski definition) is 0. The number of Topliss-reactive ketones (excluding diaryl/α,β-unsaturated/α-hetero) is 1. The fraction of sp³-hybridized carbons (Fsp3) is 0.667. The molecule has 0 bridgehead atoms. The summed E-state index contributed by atoms with van der Waals surface area (Å²) in [5.41, 5.74) is -0.102. The van der Waals surface area contributed by atoms with Crippen molar-refractivity contribution in [2.24, 2.45) is 0 Å². The highest BCUT2D eigenvalue weighted by Crippen LogP contribution is 2.22. The second kappa shape index (κ2) is 6.31. The number of ether oxygens (including phenoxy) is 2. The number of halogens is 1. The Morgan fingerprint density at radius 1 is 1.50 bits per heavy atom. The zero-order valence-electron chi connectivity index (χ0n) is 11.2. The van der Waals surface area contributed by atoms with Gasteiger partial charge >= 0.3 is 0 Å². The van der Waals surface area contributed by atoms with Crippen LogP contribution in [0.15, 0.2) is 6.20 Å². The molecule has 0 fully saturated rings. The van der Waals surface area contributed by atoms with E-state index in [0.29, 0.717) is 23.9 Å². The summed E-state index contributed by atoms with van der Waals surface area (Å²) in [5, 5.41) is 4.44. The van der Waals surface area contributed by atoms with Crippen LogP contribution in [0.25, 0.3) is 0 Å². The van der Waals surface area contributed by atoms with Crippen molar-refractivity contribution in [2.45, 2.75) is 32.4 Å². The molecule has 0 spiro atoms. The van der Waals surface area contributed by atoms with Gasteiger partial charge in [-0.2, -0.15) is 5.10 Å². The molecule has 1 rings (SSSR count). The van der Waals surface area contributed by atoms with Gasteiger partial charge in [-0.05, 0) is 13.8 Å². The van der Waals surface area contributed by atoms with Gasteiger partial charge in [0.2, 0.25) is 0 Å². The summed E-state index contributed by atoms with van der Waals surface area (Å²) < 4.78 is 11.8. The molecular formula is C12H19ClN2O3. The van der Waals surface area contributed by atoms with Crippen LogP contribution in [0.5, 0.6) is 0 Å². The third-order valence-electron chi connectivity index (χ3n) is 2.70. The predicted molar refractivity (Wildman–Crippen MR) is 69.1 cm³/mol. The van der Waals surface area contributed by atoms with Crippen molar-refractivity contribution in [3.63, 3.8) is 0 Å². The number of rotatable bonds is 7. The van der Waals surface area contributed by atoms with Crippen LogP contribution in [0.4, 0.5) is 0 Å². The number of methoxy groups -OCH3 is 2. The standard InChI is InChI=1S/C12H19ClN2O3/c1-12(2,18-4)7-10(16)11-9(13)8-14-15(11)5-6-17-3/h8H,5-7H2,1-4H3. The van der Waals surface area contributed by atoms with Crippen LogP contribution in [0.2, 0.25) is 5.02 Å². The third-order valence-corrected chi connectivity index (χ3v) is 2.98. The maximum absolute atomic E-state index is 12.2. The first-order valence-electron chi connectivity index (χ1n) is 5.70. The summed E-state index contributed by atoms with van der Waals surface area (Å²) >= 11 is 6.00. The van der Waals surface area contributed by atoms with Crippen molar-refractivity contribution in [1.82, 2.24) is 9.78 Å². The fourth-order valence-corrected chi connectivity index (χ4v) is 1.78. The fourth-order valence-electron chi connectivity index (χ4n) is 1.53. The Morgan fingerprint density at radius 3 is 2.72 bits per heavy atom. The Morgan fingerprint density at radius 2 is 2.17 bits per heavy atom. The molecule has 0 saturated heterocycles. The van der Waals surface area contributed by atoms with Crippen molar-refractivity contribution in [3.05, 3.63) is 16.9 Å². The van der Waals surface area contributed by atoms with Crippen LogP contribution in [-0.4, -0.2) is 42.0 Å². The second-order valence-corrected chi connectivity index (χ2v) is 5.03. The lowest BCUT2D eigenvalue weighted by atomic mass is 10.00. The van der Waals surface area contributed by atoms with Crippen LogP contribution in [0, 0.1) is 0 Å². The highest BCUT2D eigenvalue weighted by atomic mass is 35.5. The molecular weight excluding hydrogens is 256 g/mol. The molecule has 5 nitrogen and oxygen atoms in total. The first-order valence-corrected chi connectivity index (χ1v) is 6.07. The van der Waals surface area contributed by atoms with Crippen molar-refractivity contribution >= 4 is 17.4 Å². The van der Waals surface area contributed by atoms with Gasteiger partial charge in [0, 0.05) is 20.6 Å². The molecule has 102 valence electrons. The molecule has 0 N–H and O–H groups in total. The van der Waals surface area contributed by atoms with Gasteiger partial charge in [-0.3, -0.25) is 9.48 Å². The van der Waals surface area contributed by atoms with Gasteiger partial charge < -0.3 is 9.47 Å². The molecule has 0 saturated carbocycles. The molecule has 0 aromatic carbocycles. The number of nitrogens with zero attached hydrogens (tertiary/aromatic N) is 2. The Kier molecular flexibility index (Phi) is 5.31. The molecule has 6 heteroatoms. The lowest BCUT2D eigenvalue weighted by Crippen LogP contribution is -2.28. The minimum atomic E-state index is -0.517. The molecule has 1 aromatic rings. The Balaban J connectivity index is 2.87. The number of carbonyl (C=O) groups excluding carboxylic acids is 1. The molecule has 18 heavy (non-hydrogen) atoms. The minimum absolute atomic E-state index is 0.0829. The first-order chi connectivity index (χ1) is 8.41. The van der Waals surface area contributed by atoms with Crippen LogP contribution < -0.4 is 0 Å². The summed E-state index contributed by atoms with van der Waals surface area (Å²) in [6, 6.07) is 0. The zero-order chi connectivity index (χ0) is 13.8. The SMILES string of the molecule is COCCn1ncc(Cl)c1C(=O)CC(C)(C)OC. The predicted octanol–water partition coefficient (Wildman–Crippen LogP) is 2.18. The van der Waals surface area contributed by atoms with E-state index in [0.717, 1.165) is 0 Å². The summed E-state index contributed by atoms with van der Waals surface area (Å²) in [6.07, 6.45) is 1.73. The van der Waals surface area contributed by atoms with Gasteiger partial charge in [0.15, 0.2) is 5.78 Å². The average Bonchev–Trinajstić information content (AvgIpc) is 2.67. The van der Waals surface area contributed by atoms with Crippen molar-refractivity contribution in [3.8, 4) is 0 Å². The van der Waals surface area contributed by atoms with Gasteiger partial charge in [0.05, 0.1) is 30.0 Å². The summed E-state index contributed by atoms with van der Waals surface area (Å²) in [6.45, 7) is 4.69. The minimum Gasteiger partial charge on any atom is -0.383 e. The average molecular weight is 275 g/mol. The highest BCUT2D eigenvalue weighted by Gasteiger charge is 2.26. The Labute approximate surface area is 112 Å². The van der Waals surface area contributed by atoms with E-state index in [2.05, 4.69) is 5.10 Å². The molecule has 0 atom stereocenters. The third kappa shape index (κ3) is 3.80. The van der Waals surface area contributed by atoms with Crippen molar-refractivity contribution in [1.29, 1.82) is 0 Å². The van der Waals surface area contributed by atoms with E-state index in [1.807, 2.05) is 13.8 Å². The Hall–Kier alpha value is -0.910. The van der Waals surface area contributed by atoms with Gasteiger partial charge in [0.1, 0.15) is 5.69 Å². The van der Waals surface area contributed by atoms with Crippen molar-refractivity contribution in [2.75, 3.05) is 20.8 Å². The lowest BCUT2D eigenvalue weighted by Gasteiger charge is -2.22. The van der Waals surface area contributed by atoms with E-state index in [4.69, 9.17) is 21.1 Å². The Bertz CT molecular complexity index is 415. The maximum atomic E-state index is 12.2. The molecule has 1 aromatic heterocycles. The molecule has 1 heterocycles.